The Balaban J connectivity index is 2.73. The summed E-state index contributed by atoms with van der Waals surface area (Å²) in [5.41, 5.74) is 3.12. The molecule has 3 nitrogen and oxygen atoms in total. The summed E-state index contributed by atoms with van der Waals surface area (Å²) in [6, 6.07) is 1.88. The van der Waals surface area contributed by atoms with Crippen LogP contribution in [0.1, 0.15) is 82.2 Å². The molecule has 116 valence electrons. The highest BCUT2D eigenvalue weighted by Gasteiger charge is 2.40. The van der Waals surface area contributed by atoms with Crippen LogP contribution in [-0.4, -0.2) is 16.1 Å². The second-order valence-corrected chi connectivity index (χ2v) is 8.84. The lowest BCUT2D eigenvalue weighted by atomic mass is 9.63. The fraction of sp³-hybridized carbons (Fsp3) is 0.667. The van der Waals surface area contributed by atoms with Crippen LogP contribution in [0.25, 0.3) is 0 Å². The fourth-order valence-electron chi connectivity index (χ4n) is 3.81. The molecule has 1 aliphatic carbocycles. The first kappa shape index (κ1) is 16.0. The maximum atomic E-state index is 11.7. The minimum absolute atomic E-state index is 0.0370. The highest BCUT2D eigenvalue weighted by atomic mass is 16.4. The van der Waals surface area contributed by atoms with Gasteiger partial charge in [0.15, 0.2) is 0 Å². The first-order valence-corrected chi connectivity index (χ1v) is 7.62. The summed E-state index contributed by atoms with van der Waals surface area (Å²) in [6.45, 7) is 15.0. The third kappa shape index (κ3) is 2.97. The normalized spacial score (nSPS) is 20.0. The van der Waals surface area contributed by atoms with Crippen molar-refractivity contribution in [3.8, 4) is 0 Å². The number of aromatic nitrogens is 1. The minimum atomic E-state index is -0.879. The van der Waals surface area contributed by atoms with E-state index in [0.717, 1.165) is 24.1 Å². The third-order valence-corrected chi connectivity index (χ3v) is 4.34. The van der Waals surface area contributed by atoms with Gasteiger partial charge in [-0.2, -0.15) is 0 Å². The molecule has 0 unspecified atom stereocenters. The first-order chi connectivity index (χ1) is 9.33. The molecule has 0 radical (unpaired) electrons. The lowest BCUT2D eigenvalue weighted by Gasteiger charge is -2.42. The third-order valence-electron chi connectivity index (χ3n) is 4.34. The van der Waals surface area contributed by atoms with Crippen LogP contribution in [-0.2, 0) is 17.3 Å². The van der Waals surface area contributed by atoms with Gasteiger partial charge in [-0.25, -0.2) is 4.79 Å². The molecule has 0 saturated carbocycles. The van der Waals surface area contributed by atoms with Crippen molar-refractivity contribution in [3.63, 3.8) is 0 Å². The van der Waals surface area contributed by atoms with Gasteiger partial charge in [0.05, 0.1) is 11.3 Å². The molecule has 1 aromatic rings. The second kappa shape index (κ2) is 4.56. The van der Waals surface area contributed by atoms with Crippen molar-refractivity contribution < 1.29 is 9.90 Å². The van der Waals surface area contributed by atoms with Crippen LogP contribution >= 0.6 is 0 Å². The molecular formula is C18H27NO2. The Kier molecular flexibility index (Phi) is 3.47. The molecule has 1 heterocycles. The number of fused-ring (bicyclic) bond motifs is 1. The largest absolute Gasteiger partial charge is 0.478 e. The van der Waals surface area contributed by atoms with Crippen molar-refractivity contribution in [2.75, 3.05) is 0 Å². The van der Waals surface area contributed by atoms with Crippen molar-refractivity contribution >= 4 is 5.97 Å². The van der Waals surface area contributed by atoms with Gasteiger partial charge < -0.3 is 5.11 Å². The number of aromatic carboxylic acids is 1. The quantitative estimate of drug-likeness (QED) is 0.837. The second-order valence-electron chi connectivity index (χ2n) is 8.84. The van der Waals surface area contributed by atoms with Crippen LogP contribution in [0.2, 0.25) is 0 Å². The smallest absolute Gasteiger partial charge is 0.337 e. The van der Waals surface area contributed by atoms with E-state index in [1.54, 1.807) is 0 Å². The number of carboxylic acids is 1. The van der Waals surface area contributed by atoms with E-state index in [4.69, 9.17) is 4.98 Å². The van der Waals surface area contributed by atoms with Gasteiger partial charge in [-0.05, 0) is 35.3 Å². The Bertz CT molecular complexity index is 592. The maximum absolute atomic E-state index is 11.7. The SMILES string of the molecule is CC1(C)Cc2nc(C(C)(C)C)c(C(=O)O)cc2C(C)(C)C1. The van der Waals surface area contributed by atoms with Crippen LogP contribution in [0.3, 0.4) is 0 Å². The topological polar surface area (TPSA) is 50.2 Å². The van der Waals surface area contributed by atoms with Crippen molar-refractivity contribution in [2.45, 2.75) is 72.1 Å². The van der Waals surface area contributed by atoms with E-state index >= 15 is 0 Å². The zero-order valence-electron chi connectivity index (χ0n) is 14.3. The van der Waals surface area contributed by atoms with Crippen LogP contribution in [0.5, 0.6) is 0 Å². The fourth-order valence-corrected chi connectivity index (χ4v) is 3.81. The Morgan fingerprint density at radius 3 is 2.29 bits per heavy atom. The van der Waals surface area contributed by atoms with Crippen molar-refractivity contribution in [1.29, 1.82) is 0 Å². The van der Waals surface area contributed by atoms with Gasteiger partial charge in [-0.1, -0.05) is 48.5 Å². The zero-order chi connectivity index (χ0) is 16.2. The molecule has 1 aromatic heterocycles. The molecule has 1 N–H and O–H groups in total. The molecule has 1 aliphatic rings. The van der Waals surface area contributed by atoms with Gasteiger partial charge in [0.2, 0.25) is 0 Å². The van der Waals surface area contributed by atoms with Crippen molar-refractivity contribution in [3.05, 3.63) is 28.6 Å². The van der Waals surface area contributed by atoms with Crippen molar-refractivity contribution in [2.24, 2.45) is 5.41 Å². The van der Waals surface area contributed by atoms with Gasteiger partial charge >= 0.3 is 5.97 Å². The van der Waals surface area contributed by atoms with E-state index in [1.165, 1.54) is 0 Å². The van der Waals surface area contributed by atoms with E-state index in [0.29, 0.717) is 11.3 Å². The molecule has 0 spiro atoms. The van der Waals surface area contributed by atoms with Crippen LogP contribution in [0, 0.1) is 5.41 Å². The highest BCUT2D eigenvalue weighted by molar-refractivity contribution is 5.89. The van der Waals surface area contributed by atoms with E-state index < -0.39 is 5.97 Å². The maximum Gasteiger partial charge on any atom is 0.337 e. The Morgan fingerprint density at radius 1 is 1.24 bits per heavy atom. The molecular weight excluding hydrogens is 262 g/mol. The highest BCUT2D eigenvalue weighted by Crippen LogP contribution is 2.46. The summed E-state index contributed by atoms with van der Waals surface area (Å²) in [6.07, 6.45) is 1.96. The monoisotopic (exact) mass is 289 g/mol. The van der Waals surface area contributed by atoms with Gasteiger partial charge in [-0.15, -0.1) is 0 Å². The van der Waals surface area contributed by atoms with Gasteiger partial charge in [0.1, 0.15) is 0 Å². The van der Waals surface area contributed by atoms with Crippen LogP contribution < -0.4 is 0 Å². The molecule has 3 heteroatoms. The van der Waals surface area contributed by atoms with Crippen molar-refractivity contribution in [1.82, 2.24) is 4.98 Å². The van der Waals surface area contributed by atoms with E-state index in [-0.39, 0.29) is 16.2 Å². The minimum Gasteiger partial charge on any atom is -0.478 e. The zero-order valence-corrected chi connectivity index (χ0v) is 14.3. The Hall–Kier alpha value is -1.38. The molecule has 0 saturated heterocycles. The number of nitrogens with zero attached hydrogens (tertiary/aromatic N) is 1. The molecule has 0 aromatic carbocycles. The van der Waals surface area contributed by atoms with E-state index in [2.05, 4.69) is 27.7 Å². The number of carboxylic acid groups (broad SMARTS) is 1. The van der Waals surface area contributed by atoms with Crippen LogP contribution in [0.15, 0.2) is 6.07 Å². The lowest BCUT2D eigenvalue weighted by molar-refractivity contribution is 0.0693. The summed E-state index contributed by atoms with van der Waals surface area (Å²) in [7, 11) is 0. The van der Waals surface area contributed by atoms with E-state index in [1.807, 2.05) is 26.8 Å². The Labute approximate surface area is 127 Å². The average Bonchev–Trinajstić information content (AvgIpc) is 2.23. The average molecular weight is 289 g/mol. The standard InChI is InChI=1S/C18H27NO2/c1-16(2,3)14-11(15(20)21)8-12-13(19-14)9-17(4,5)10-18(12,6)7/h8H,9-10H2,1-7H3,(H,20,21). The summed E-state index contributed by atoms with van der Waals surface area (Å²) >= 11 is 0. The molecule has 0 bridgehead atoms. The summed E-state index contributed by atoms with van der Waals surface area (Å²) in [5.74, 6) is -0.879. The Morgan fingerprint density at radius 2 is 1.81 bits per heavy atom. The summed E-state index contributed by atoms with van der Waals surface area (Å²) in [5, 5.41) is 9.56. The predicted octanol–water partition coefficient (Wildman–Crippen LogP) is 4.33. The number of pyridine rings is 1. The number of rotatable bonds is 1. The summed E-state index contributed by atoms with van der Waals surface area (Å²) < 4.78 is 0. The molecule has 0 fully saturated rings. The molecule has 0 atom stereocenters. The van der Waals surface area contributed by atoms with Gasteiger partial charge in [0, 0.05) is 11.1 Å². The lowest BCUT2D eigenvalue weighted by Crippen LogP contribution is -2.37. The molecule has 0 amide bonds. The summed E-state index contributed by atoms with van der Waals surface area (Å²) in [4.78, 5) is 16.5. The number of hydrogen-bond acceptors (Lipinski definition) is 2. The molecule has 0 aliphatic heterocycles. The number of hydrogen-bond donors (Lipinski definition) is 1. The van der Waals surface area contributed by atoms with E-state index in [9.17, 15) is 9.90 Å². The van der Waals surface area contributed by atoms with Gasteiger partial charge in [0.25, 0.3) is 0 Å². The first-order valence-electron chi connectivity index (χ1n) is 7.62. The van der Waals surface area contributed by atoms with Crippen LogP contribution in [0.4, 0.5) is 0 Å². The predicted molar refractivity (Wildman–Crippen MR) is 85.0 cm³/mol. The number of carbonyl (C=O) groups is 1. The molecule has 21 heavy (non-hydrogen) atoms. The van der Waals surface area contributed by atoms with Gasteiger partial charge in [-0.3, -0.25) is 4.98 Å². The molecule has 2 rings (SSSR count).